The van der Waals surface area contributed by atoms with Gasteiger partial charge in [-0.1, -0.05) is 0 Å². The summed E-state index contributed by atoms with van der Waals surface area (Å²) in [5.74, 6) is -0.884. The maximum Gasteiger partial charge on any atom is 0.446 e. The van der Waals surface area contributed by atoms with Crippen LogP contribution < -0.4 is 10.3 Å². The van der Waals surface area contributed by atoms with Crippen molar-refractivity contribution in [2.75, 3.05) is 0 Å². The number of alkyl halides is 6. The van der Waals surface area contributed by atoms with Gasteiger partial charge in [0.05, 0.1) is 6.26 Å². The Labute approximate surface area is 119 Å². The molecule has 0 unspecified atom stereocenters. The predicted molar refractivity (Wildman–Crippen MR) is 60.1 cm³/mol. The van der Waals surface area contributed by atoms with E-state index in [1.807, 2.05) is 0 Å². The molecule has 0 aromatic carbocycles. The fraction of sp³-hybridized carbons (Fsp3) is 0.333. The SMILES string of the molecule is CC1=C(C#N)C(C(F)(F)F)(C(F)(F)F)[NH+]=C(c2ccco2)N1. The Morgan fingerprint density at radius 2 is 1.82 bits per heavy atom. The molecule has 0 amide bonds. The summed E-state index contributed by atoms with van der Waals surface area (Å²) in [6, 6.07) is 3.47. The molecular weight excluding hydrogens is 316 g/mol. The molecule has 2 N–H and O–H groups in total. The minimum atomic E-state index is -5.79. The number of nitriles is 1. The van der Waals surface area contributed by atoms with E-state index in [0.717, 1.165) is 19.3 Å². The van der Waals surface area contributed by atoms with E-state index in [4.69, 9.17) is 9.68 Å². The van der Waals surface area contributed by atoms with Crippen molar-refractivity contribution in [3.63, 3.8) is 0 Å². The first-order valence-electron chi connectivity index (χ1n) is 5.75. The van der Waals surface area contributed by atoms with Crippen molar-refractivity contribution in [1.82, 2.24) is 5.32 Å². The highest BCUT2D eigenvalue weighted by molar-refractivity contribution is 5.93. The molecule has 0 spiro atoms. The van der Waals surface area contributed by atoms with Gasteiger partial charge in [0.25, 0.3) is 0 Å². The van der Waals surface area contributed by atoms with Crippen LogP contribution in [0.1, 0.15) is 12.7 Å². The Morgan fingerprint density at radius 1 is 1.23 bits per heavy atom. The molecule has 0 saturated heterocycles. The monoisotopic (exact) mass is 324 g/mol. The van der Waals surface area contributed by atoms with Crippen LogP contribution >= 0.6 is 0 Å². The summed E-state index contributed by atoms with van der Waals surface area (Å²) in [5.41, 5.74) is -6.57. The smallest absolute Gasteiger partial charge is 0.446 e. The van der Waals surface area contributed by atoms with E-state index in [-0.39, 0.29) is 5.76 Å². The van der Waals surface area contributed by atoms with Crippen LogP contribution in [0.15, 0.2) is 34.1 Å². The first kappa shape index (κ1) is 15.9. The second-order valence-corrected chi connectivity index (χ2v) is 4.46. The number of allylic oxidation sites excluding steroid dienone is 1. The quantitative estimate of drug-likeness (QED) is 0.767. The summed E-state index contributed by atoms with van der Waals surface area (Å²) >= 11 is 0. The molecule has 1 aliphatic heterocycles. The van der Waals surface area contributed by atoms with Gasteiger partial charge in [0.15, 0.2) is 0 Å². The van der Waals surface area contributed by atoms with Gasteiger partial charge in [-0.3, -0.25) is 0 Å². The summed E-state index contributed by atoms with van der Waals surface area (Å²) in [4.78, 5) is 1.36. The Morgan fingerprint density at radius 3 is 2.23 bits per heavy atom. The number of rotatable bonds is 1. The fourth-order valence-corrected chi connectivity index (χ4v) is 2.11. The van der Waals surface area contributed by atoms with Gasteiger partial charge in [-0.15, -0.1) is 0 Å². The second-order valence-electron chi connectivity index (χ2n) is 4.46. The Kier molecular flexibility index (Phi) is 3.47. The third-order valence-electron chi connectivity index (χ3n) is 3.10. The van der Waals surface area contributed by atoms with Crippen molar-refractivity contribution in [2.24, 2.45) is 0 Å². The molecule has 118 valence electrons. The molecular formula is C12H8F6N3O+. The molecule has 1 aromatic heterocycles. The van der Waals surface area contributed by atoms with E-state index >= 15 is 0 Å². The normalized spacial score (nSPS) is 18.5. The summed E-state index contributed by atoms with van der Waals surface area (Å²) in [5, 5.41) is 11.1. The zero-order chi connectivity index (χ0) is 16.8. The van der Waals surface area contributed by atoms with Crippen LogP contribution in [-0.4, -0.2) is 23.7 Å². The molecule has 2 rings (SSSR count). The zero-order valence-electron chi connectivity index (χ0n) is 10.9. The lowest BCUT2D eigenvalue weighted by Gasteiger charge is -2.33. The number of hydrogen-bond acceptors (Lipinski definition) is 3. The number of halogens is 6. The maximum atomic E-state index is 13.3. The first-order valence-corrected chi connectivity index (χ1v) is 5.75. The van der Waals surface area contributed by atoms with Crippen LogP contribution in [0.3, 0.4) is 0 Å². The highest BCUT2D eigenvalue weighted by Gasteiger charge is 2.78. The molecule has 0 aliphatic carbocycles. The van der Waals surface area contributed by atoms with Gasteiger partial charge >= 0.3 is 23.7 Å². The zero-order valence-corrected chi connectivity index (χ0v) is 10.9. The minimum absolute atomic E-state index is 0.255. The molecule has 1 aromatic rings. The van der Waals surface area contributed by atoms with E-state index in [2.05, 4.69) is 5.32 Å². The van der Waals surface area contributed by atoms with Crippen LogP contribution in [0.25, 0.3) is 0 Å². The summed E-state index contributed by atoms with van der Waals surface area (Å²) in [6.45, 7) is 0.953. The molecule has 0 radical (unpaired) electrons. The fourth-order valence-electron chi connectivity index (χ4n) is 2.11. The standard InChI is InChI=1S/C12H7F6N3O/c1-6-7(5-19)10(11(13,14)15,12(16,17)18)21-9(20-6)8-3-2-4-22-8/h2-4H,1H3,(H,20,21)/p+1. The third-order valence-corrected chi connectivity index (χ3v) is 3.10. The average Bonchev–Trinajstić information content (AvgIpc) is 2.88. The van der Waals surface area contributed by atoms with Crippen molar-refractivity contribution >= 4 is 5.84 Å². The van der Waals surface area contributed by atoms with Crippen molar-refractivity contribution in [2.45, 2.75) is 24.8 Å². The van der Waals surface area contributed by atoms with E-state index < -0.39 is 35.0 Å². The first-order chi connectivity index (χ1) is 10.0. The van der Waals surface area contributed by atoms with Crippen LogP contribution in [0.4, 0.5) is 26.3 Å². The van der Waals surface area contributed by atoms with Gasteiger partial charge in [-0.2, -0.15) is 31.6 Å². The number of furan rings is 1. The Balaban J connectivity index is 2.80. The average molecular weight is 324 g/mol. The molecule has 0 atom stereocenters. The van der Waals surface area contributed by atoms with Crippen LogP contribution in [0.5, 0.6) is 0 Å². The van der Waals surface area contributed by atoms with Gasteiger partial charge in [0.1, 0.15) is 17.3 Å². The molecule has 0 fully saturated rings. The number of amidine groups is 1. The number of nitrogens with zero attached hydrogens (tertiary/aromatic N) is 1. The van der Waals surface area contributed by atoms with Crippen molar-refractivity contribution in [3.05, 3.63) is 35.4 Å². The summed E-state index contributed by atoms with van der Waals surface area (Å²) in [6.07, 6.45) is -10.5. The topological polar surface area (TPSA) is 62.9 Å². The molecule has 1 aliphatic rings. The molecule has 10 heteroatoms. The maximum absolute atomic E-state index is 13.3. The lowest BCUT2D eigenvalue weighted by molar-refractivity contribution is -0.634. The van der Waals surface area contributed by atoms with Crippen molar-refractivity contribution in [3.8, 4) is 6.07 Å². The predicted octanol–water partition coefficient (Wildman–Crippen LogP) is 1.37. The Hall–Kier alpha value is -2.44. The lowest BCUT2D eigenvalue weighted by Crippen LogP contribution is -2.99. The van der Waals surface area contributed by atoms with Crippen LogP contribution in [-0.2, 0) is 0 Å². The van der Waals surface area contributed by atoms with E-state index in [1.165, 1.54) is 17.1 Å². The highest BCUT2D eigenvalue weighted by Crippen LogP contribution is 2.45. The van der Waals surface area contributed by atoms with E-state index in [0.29, 0.717) is 0 Å². The largest absolute Gasteiger partial charge is 0.456 e. The second kappa shape index (κ2) is 4.79. The lowest BCUT2D eigenvalue weighted by atomic mass is 9.86. The summed E-state index contributed by atoms with van der Waals surface area (Å²) in [7, 11) is 0. The number of hydrogen-bond donors (Lipinski definition) is 2. The van der Waals surface area contributed by atoms with Crippen LogP contribution in [0.2, 0.25) is 0 Å². The molecule has 0 saturated carbocycles. The van der Waals surface area contributed by atoms with Crippen molar-refractivity contribution < 1.29 is 35.8 Å². The third kappa shape index (κ3) is 2.13. The molecule has 4 nitrogen and oxygen atoms in total. The van der Waals surface area contributed by atoms with Gasteiger partial charge in [0.2, 0.25) is 5.76 Å². The Bertz CT molecular complexity index is 661. The highest BCUT2D eigenvalue weighted by atomic mass is 19.4. The minimum Gasteiger partial charge on any atom is -0.456 e. The van der Waals surface area contributed by atoms with Gasteiger partial charge in [-0.25, -0.2) is 10.3 Å². The van der Waals surface area contributed by atoms with Gasteiger partial charge in [-0.05, 0) is 19.1 Å². The van der Waals surface area contributed by atoms with Crippen LogP contribution in [0, 0.1) is 11.3 Å². The molecule has 22 heavy (non-hydrogen) atoms. The van der Waals surface area contributed by atoms with Crippen molar-refractivity contribution in [1.29, 1.82) is 5.26 Å². The molecule has 0 bridgehead atoms. The summed E-state index contributed by atoms with van der Waals surface area (Å²) < 4.78 is 84.5. The number of nitrogens with one attached hydrogen (secondary N) is 2. The van der Waals surface area contributed by atoms with Gasteiger partial charge < -0.3 is 4.42 Å². The van der Waals surface area contributed by atoms with E-state index in [1.54, 1.807) is 0 Å². The van der Waals surface area contributed by atoms with E-state index in [9.17, 15) is 26.3 Å². The van der Waals surface area contributed by atoms with Gasteiger partial charge in [0, 0.05) is 0 Å². The molecule has 2 heterocycles.